The molecule has 1 heterocycles. The number of barbiturate groups is 1. The Kier molecular flexibility index (Phi) is 5.57. The molecule has 1 aliphatic heterocycles. The van der Waals surface area contributed by atoms with E-state index in [1.54, 1.807) is 36.4 Å². The fourth-order valence-electron chi connectivity index (χ4n) is 2.44. The first-order chi connectivity index (χ1) is 12.9. The molecule has 7 nitrogen and oxygen atoms in total. The van der Waals surface area contributed by atoms with Crippen molar-refractivity contribution in [2.24, 2.45) is 10.9 Å². The number of aliphatic imine (C=N–C) groups is 1. The Labute approximate surface area is 168 Å². The predicted octanol–water partition coefficient (Wildman–Crippen LogP) is 3.71. The maximum absolute atomic E-state index is 12.8. The molecule has 1 fully saturated rings. The van der Waals surface area contributed by atoms with E-state index in [9.17, 15) is 14.4 Å². The monoisotopic (exact) mass is 449 g/mol. The van der Waals surface area contributed by atoms with Crippen LogP contribution in [0.3, 0.4) is 0 Å². The van der Waals surface area contributed by atoms with Crippen molar-refractivity contribution in [1.82, 2.24) is 5.32 Å². The van der Waals surface area contributed by atoms with Crippen LogP contribution < -0.4 is 15.0 Å². The maximum atomic E-state index is 12.8. The number of carbonyl (C=O) groups is 3. The first-order valence-corrected chi connectivity index (χ1v) is 8.90. The molecule has 0 bridgehead atoms. The van der Waals surface area contributed by atoms with E-state index in [1.807, 2.05) is 0 Å². The lowest BCUT2D eigenvalue weighted by molar-refractivity contribution is -0.131. The summed E-state index contributed by atoms with van der Waals surface area (Å²) < 4.78 is 5.81. The van der Waals surface area contributed by atoms with E-state index >= 15 is 0 Å². The second kappa shape index (κ2) is 7.89. The Hall–Kier alpha value is -2.71. The molecule has 3 rings (SSSR count). The third-order valence-electron chi connectivity index (χ3n) is 3.79. The molecular weight excluding hydrogens is 438 g/mol. The first kappa shape index (κ1) is 19.1. The van der Waals surface area contributed by atoms with Crippen LogP contribution in [0.15, 0.2) is 51.9 Å². The van der Waals surface area contributed by atoms with E-state index in [-0.39, 0.29) is 5.69 Å². The van der Waals surface area contributed by atoms with Gasteiger partial charge in [0.05, 0.1) is 23.5 Å². The van der Waals surface area contributed by atoms with Gasteiger partial charge in [-0.25, -0.2) is 9.69 Å². The number of halogens is 2. The number of benzene rings is 2. The van der Waals surface area contributed by atoms with Crippen molar-refractivity contribution in [3.63, 3.8) is 0 Å². The molecule has 138 valence electrons. The third kappa shape index (κ3) is 4.01. The highest BCUT2D eigenvalue weighted by atomic mass is 79.9. The third-order valence-corrected chi connectivity index (χ3v) is 5.02. The van der Waals surface area contributed by atoms with Gasteiger partial charge in [-0.15, -0.1) is 0 Å². The molecule has 0 unspecified atom stereocenters. The molecule has 0 saturated carbocycles. The zero-order valence-electron chi connectivity index (χ0n) is 14.0. The van der Waals surface area contributed by atoms with Gasteiger partial charge >= 0.3 is 6.03 Å². The summed E-state index contributed by atoms with van der Waals surface area (Å²) in [6.07, 6.45) is 1.19. The van der Waals surface area contributed by atoms with E-state index in [1.165, 1.54) is 19.4 Å². The van der Waals surface area contributed by atoms with Crippen LogP contribution in [0, 0.1) is 5.92 Å². The highest BCUT2D eigenvalue weighted by Gasteiger charge is 2.40. The Balaban J connectivity index is 1.90. The molecule has 2 aromatic carbocycles. The normalized spacial score (nSPS) is 17.4. The average molecular weight is 451 g/mol. The maximum Gasteiger partial charge on any atom is 0.335 e. The summed E-state index contributed by atoms with van der Waals surface area (Å²) in [6.45, 7) is 0. The van der Waals surface area contributed by atoms with Crippen LogP contribution in [0.4, 0.5) is 16.2 Å². The van der Waals surface area contributed by atoms with Crippen molar-refractivity contribution in [2.75, 3.05) is 12.0 Å². The summed E-state index contributed by atoms with van der Waals surface area (Å²) in [5.41, 5.74) is 0.753. The number of methoxy groups -OCH3 is 1. The number of nitrogens with zero attached hydrogens (tertiary/aromatic N) is 2. The zero-order chi connectivity index (χ0) is 19.6. The summed E-state index contributed by atoms with van der Waals surface area (Å²) in [5.74, 6) is -2.23. The van der Waals surface area contributed by atoms with E-state index < -0.39 is 23.8 Å². The number of urea groups is 1. The molecule has 0 aliphatic carbocycles. The number of imide groups is 2. The minimum Gasteiger partial charge on any atom is -0.497 e. The lowest BCUT2D eigenvalue weighted by atomic mass is 10.1. The Morgan fingerprint density at radius 1 is 1.22 bits per heavy atom. The topological polar surface area (TPSA) is 88.1 Å². The summed E-state index contributed by atoms with van der Waals surface area (Å²) in [6, 6.07) is 10.5. The number of hydrogen-bond donors (Lipinski definition) is 1. The highest BCUT2D eigenvalue weighted by Crippen LogP contribution is 2.28. The largest absolute Gasteiger partial charge is 0.497 e. The van der Waals surface area contributed by atoms with Gasteiger partial charge in [-0.3, -0.25) is 19.9 Å². The van der Waals surface area contributed by atoms with Gasteiger partial charge in [0.15, 0.2) is 5.92 Å². The number of amides is 4. The molecule has 1 aliphatic rings. The Morgan fingerprint density at radius 2 is 2.00 bits per heavy atom. The van der Waals surface area contributed by atoms with Crippen LogP contribution in [0.2, 0.25) is 5.02 Å². The molecule has 0 spiro atoms. The molecule has 2 aromatic rings. The lowest BCUT2D eigenvalue weighted by Crippen LogP contribution is -2.58. The zero-order valence-corrected chi connectivity index (χ0v) is 16.3. The lowest BCUT2D eigenvalue weighted by Gasteiger charge is -2.28. The SMILES string of the molecule is COc1cccc(N2C(=O)NC(=O)[C@H](C=Nc3ccc(Br)c(Cl)c3)C2=O)c1. The van der Waals surface area contributed by atoms with Crippen molar-refractivity contribution >= 4 is 63.0 Å². The van der Waals surface area contributed by atoms with E-state index in [4.69, 9.17) is 16.3 Å². The summed E-state index contributed by atoms with van der Waals surface area (Å²) in [7, 11) is 1.47. The summed E-state index contributed by atoms with van der Waals surface area (Å²) in [4.78, 5) is 42.1. The van der Waals surface area contributed by atoms with Crippen LogP contribution in [0.25, 0.3) is 0 Å². The number of ether oxygens (including phenoxy) is 1. The quantitative estimate of drug-likeness (QED) is 0.568. The number of nitrogens with one attached hydrogen (secondary N) is 1. The van der Waals surface area contributed by atoms with Crippen LogP contribution >= 0.6 is 27.5 Å². The van der Waals surface area contributed by atoms with Gasteiger partial charge in [0.25, 0.3) is 5.91 Å². The molecular formula is C18H13BrClN3O4. The first-order valence-electron chi connectivity index (χ1n) is 7.73. The van der Waals surface area contributed by atoms with Crippen molar-refractivity contribution in [3.05, 3.63) is 52.0 Å². The summed E-state index contributed by atoms with van der Waals surface area (Å²) >= 11 is 9.28. The second-order valence-corrected chi connectivity index (χ2v) is 6.79. The Bertz CT molecular complexity index is 963. The van der Waals surface area contributed by atoms with Crippen molar-refractivity contribution in [1.29, 1.82) is 0 Å². The average Bonchev–Trinajstić information content (AvgIpc) is 2.64. The number of rotatable bonds is 4. The van der Waals surface area contributed by atoms with Gasteiger partial charge in [0.1, 0.15) is 5.75 Å². The second-order valence-electron chi connectivity index (χ2n) is 5.52. The van der Waals surface area contributed by atoms with E-state index in [2.05, 4.69) is 26.2 Å². The van der Waals surface area contributed by atoms with Gasteiger partial charge in [-0.2, -0.15) is 0 Å². The van der Waals surface area contributed by atoms with Gasteiger partial charge in [0.2, 0.25) is 5.91 Å². The smallest absolute Gasteiger partial charge is 0.335 e. The fraction of sp³-hybridized carbons (Fsp3) is 0.111. The predicted molar refractivity (Wildman–Crippen MR) is 105 cm³/mol. The fourth-order valence-corrected chi connectivity index (χ4v) is 2.86. The standard InChI is InChI=1S/C18H13BrClN3O4/c1-27-12-4-2-3-11(8-12)23-17(25)13(16(24)22-18(23)26)9-21-10-5-6-14(19)15(20)7-10/h2-9,13H,1H3,(H,22,24,26)/t13-/m0/s1. The highest BCUT2D eigenvalue weighted by molar-refractivity contribution is 9.10. The van der Waals surface area contributed by atoms with E-state index in [0.29, 0.717) is 20.9 Å². The molecule has 0 radical (unpaired) electrons. The van der Waals surface area contributed by atoms with Crippen LogP contribution in [-0.4, -0.2) is 31.2 Å². The Morgan fingerprint density at radius 3 is 2.70 bits per heavy atom. The molecule has 1 N–H and O–H groups in total. The molecule has 9 heteroatoms. The van der Waals surface area contributed by atoms with Gasteiger partial charge in [0, 0.05) is 16.8 Å². The van der Waals surface area contributed by atoms with Crippen LogP contribution in [0.5, 0.6) is 5.75 Å². The molecule has 1 saturated heterocycles. The van der Waals surface area contributed by atoms with Crippen molar-refractivity contribution in [2.45, 2.75) is 0 Å². The number of hydrogen-bond acceptors (Lipinski definition) is 5. The van der Waals surface area contributed by atoms with Gasteiger partial charge in [-0.1, -0.05) is 17.7 Å². The molecule has 0 aromatic heterocycles. The van der Waals surface area contributed by atoms with Gasteiger partial charge < -0.3 is 4.74 Å². The molecule has 1 atom stereocenters. The van der Waals surface area contributed by atoms with E-state index in [0.717, 1.165) is 4.90 Å². The summed E-state index contributed by atoms with van der Waals surface area (Å²) in [5, 5.41) is 2.61. The van der Waals surface area contributed by atoms with Crippen LogP contribution in [-0.2, 0) is 9.59 Å². The number of carbonyl (C=O) groups excluding carboxylic acids is 3. The minimum atomic E-state index is -1.25. The molecule has 4 amide bonds. The molecule has 27 heavy (non-hydrogen) atoms. The van der Waals surface area contributed by atoms with Crippen molar-refractivity contribution in [3.8, 4) is 5.75 Å². The van der Waals surface area contributed by atoms with Crippen LogP contribution in [0.1, 0.15) is 0 Å². The van der Waals surface area contributed by atoms with Gasteiger partial charge in [-0.05, 0) is 46.3 Å². The minimum absolute atomic E-state index is 0.287. The number of anilines is 1. The van der Waals surface area contributed by atoms with Crippen molar-refractivity contribution < 1.29 is 19.1 Å².